The van der Waals surface area contributed by atoms with Crippen LogP contribution in [0.15, 0.2) is 66.7 Å². The molecule has 3 aromatic rings. The van der Waals surface area contributed by atoms with Crippen molar-refractivity contribution in [2.45, 2.75) is 20.3 Å². The van der Waals surface area contributed by atoms with Crippen molar-refractivity contribution in [2.24, 2.45) is 0 Å². The molecule has 0 spiro atoms. The summed E-state index contributed by atoms with van der Waals surface area (Å²) in [6, 6.07) is 22.3. The molecule has 0 atom stereocenters. The fourth-order valence-electron chi connectivity index (χ4n) is 2.98. The van der Waals surface area contributed by atoms with Crippen molar-refractivity contribution in [3.8, 4) is 11.5 Å². The van der Waals surface area contributed by atoms with Crippen LogP contribution in [-0.2, 0) is 6.42 Å². The second-order valence-electron chi connectivity index (χ2n) is 6.76. The van der Waals surface area contributed by atoms with Crippen molar-refractivity contribution in [3.63, 3.8) is 0 Å². The molecule has 3 rings (SSSR count). The van der Waals surface area contributed by atoms with Crippen LogP contribution in [0.5, 0.6) is 11.5 Å². The number of ether oxygens (including phenoxy) is 2. The fourth-order valence-corrected chi connectivity index (χ4v) is 3.09. The minimum Gasteiger partial charge on any atom is -0.493 e. The van der Waals surface area contributed by atoms with E-state index in [0.29, 0.717) is 19.8 Å². The van der Waals surface area contributed by atoms with E-state index in [1.165, 1.54) is 5.56 Å². The van der Waals surface area contributed by atoms with Crippen molar-refractivity contribution >= 4 is 17.3 Å². The zero-order chi connectivity index (χ0) is 19.8. The van der Waals surface area contributed by atoms with E-state index in [2.05, 4.69) is 29.6 Å². The topological polar surface area (TPSA) is 30.5 Å². The number of rotatable bonds is 9. The predicted octanol–water partition coefficient (Wildman–Crippen LogP) is 6.07. The SMILES string of the molecule is Cc1cc(OCCNc2cccc(OCCc3ccccc3)c2)cc(C)c1Cl. The van der Waals surface area contributed by atoms with Gasteiger partial charge >= 0.3 is 0 Å². The van der Waals surface area contributed by atoms with Crippen LogP contribution in [0.3, 0.4) is 0 Å². The van der Waals surface area contributed by atoms with E-state index in [0.717, 1.165) is 39.8 Å². The number of aryl methyl sites for hydroxylation is 2. The van der Waals surface area contributed by atoms with Crippen LogP contribution in [0.1, 0.15) is 16.7 Å². The number of nitrogens with one attached hydrogen (secondary N) is 1. The zero-order valence-corrected chi connectivity index (χ0v) is 17.1. The highest BCUT2D eigenvalue weighted by Gasteiger charge is 2.04. The summed E-state index contributed by atoms with van der Waals surface area (Å²) in [6.45, 7) is 5.91. The first kappa shape index (κ1) is 20.1. The van der Waals surface area contributed by atoms with E-state index in [4.69, 9.17) is 21.1 Å². The number of halogens is 1. The first-order chi connectivity index (χ1) is 13.6. The summed E-state index contributed by atoms with van der Waals surface area (Å²) in [6.07, 6.45) is 0.895. The highest BCUT2D eigenvalue weighted by atomic mass is 35.5. The molecule has 0 saturated heterocycles. The maximum Gasteiger partial charge on any atom is 0.121 e. The molecule has 146 valence electrons. The maximum atomic E-state index is 6.20. The van der Waals surface area contributed by atoms with Gasteiger partial charge in [-0.2, -0.15) is 0 Å². The van der Waals surface area contributed by atoms with Crippen molar-refractivity contribution in [1.29, 1.82) is 0 Å². The third-order valence-corrected chi connectivity index (χ3v) is 5.04. The Hall–Kier alpha value is -2.65. The summed E-state index contributed by atoms with van der Waals surface area (Å²) in [5, 5.41) is 4.17. The highest BCUT2D eigenvalue weighted by Crippen LogP contribution is 2.25. The summed E-state index contributed by atoms with van der Waals surface area (Å²) in [4.78, 5) is 0. The summed E-state index contributed by atoms with van der Waals surface area (Å²) >= 11 is 6.20. The van der Waals surface area contributed by atoms with Crippen LogP contribution < -0.4 is 14.8 Å². The summed E-state index contributed by atoms with van der Waals surface area (Å²) in [5.74, 6) is 1.71. The monoisotopic (exact) mass is 395 g/mol. The molecule has 0 radical (unpaired) electrons. The lowest BCUT2D eigenvalue weighted by atomic mass is 10.1. The third kappa shape index (κ3) is 5.93. The number of benzene rings is 3. The van der Waals surface area contributed by atoms with Gasteiger partial charge in [0, 0.05) is 29.7 Å². The van der Waals surface area contributed by atoms with Crippen LogP contribution in [-0.4, -0.2) is 19.8 Å². The van der Waals surface area contributed by atoms with Gasteiger partial charge in [0.15, 0.2) is 0 Å². The van der Waals surface area contributed by atoms with Gasteiger partial charge in [-0.25, -0.2) is 0 Å². The Kier molecular flexibility index (Phi) is 7.21. The molecule has 0 aromatic heterocycles. The van der Waals surface area contributed by atoms with Gasteiger partial charge in [0.2, 0.25) is 0 Å². The number of anilines is 1. The Morgan fingerprint density at radius 2 is 1.50 bits per heavy atom. The Balaban J connectivity index is 1.43. The average Bonchev–Trinajstić information content (AvgIpc) is 2.70. The Morgan fingerprint density at radius 3 is 2.25 bits per heavy atom. The van der Waals surface area contributed by atoms with Crippen LogP contribution in [0.2, 0.25) is 5.02 Å². The third-order valence-electron chi connectivity index (χ3n) is 4.45. The molecule has 0 amide bonds. The van der Waals surface area contributed by atoms with Gasteiger partial charge in [0.05, 0.1) is 6.61 Å². The lowest BCUT2D eigenvalue weighted by Crippen LogP contribution is -2.11. The Labute approximate surface area is 172 Å². The smallest absolute Gasteiger partial charge is 0.121 e. The lowest BCUT2D eigenvalue weighted by Gasteiger charge is -2.12. The molecule has 0 aliphatic carbocycles. The van der Waals surface area contributed by atoms with Gasteiger partial charge < -0.3 is 14.8 Å². The highest BCUT2D eigenvalue weighted by molar-refractivity contribution is 6.32. The van der Waals surface area contributed by atoms with Gasteiger partial charge in [-0.1, -0.05) is 48.0 Å². The molecule has 0 unspecified atom stereocenters. The maximum absolute atomic E-state index is 6.20. The average molecular weight is 396 g/mol. The van der Waals surface area contributed by atoms with E-state index in [-0.39, 0.29) is 0 Å². The van der Waals surface area contributed by atoms with Crippen molar-refractivity contribution in [3.05, 3.63) is 88.4 Å². The molecule has 0 aliphatic rings. The molecule has 28 heavy (non-hydrogen) atoms. The van der Waals surface area contributed by atoms with E-state index < -0.39 is 0 Å². The minimum absolute atomic E-state index is 0.569. The second-order valence-corrected chi connectivity index (χ2v) is 7.14. The standard InChI is InChI=1S/C24H26ClNO2/c1-18-15-23(16-19(2)24(18)25)28-14-12-26-21-9-6-10-22(17-21)27-13-11-20-7-4-3-5-8-20/h3-10,15-17,26H,11-14H2,1-2H3. The molecular weight excluding hydrogens is 370 g/mol. The normalized spacial score (nSPS) is 10.5. The van der Waals surface area contributed by atoms with E-state index in [1.54, 1.807) is 0 Å². The van der Waals surface area contributed by atoms with Crippen LogP contribution in [0.4, 0.5) is 5.69 Å². The molecule has 0 bridgehead atoms. The first-order valence-electron chi connectivity index (χ1n) is 9.52. The molecule has 0 fully saturated rings. The summed E-state index contributed by atoms with van der Waals surface area (Å²) in [5.41, 5.74) is 4.36. The van der Waals surface area contributed by atoms with Gasteiger partial charge in [-0.3, -0.25) is 0 Å². The molecule has 0 aliphatic heterocycles. The molecule has 3 nitrogen and oxygen atoms in total. The van der Waals surface area contributed by atoms with Gasteiger partial charge in [-0.05, 0) is 54.8 Å². The zero-order valence-electron chi connectivity index (χ0n) is 16.4. The quantitative estimate of drug-likeness (QED) is 0.446. The van der Waals surface area contributed by atoms with Crippen LogP contribution >= 0.6 is 11.6 Å². The van der Waals surface area contributed by atoms with E-state index in [9.17, 15) is 0 Å². The molecular formula is C24H26ClNO2. The number of hydrogen-bond acceptors (Lipinski definition) is 3. The number of hydrogen-bond donors (Lipinski definition) is 1. The van der Waals surface area contributed by atoms with E-state index in [1.807, 2.05) is 56.3 Å². The minimum atomic E-state index is 0.569. The lowest BCUT2D eigenvalue weighted by molar-refractivity contribution is 0.322. The largest absolute Gasteiger partial charge is 0.493 e. The first-order valence-corrected chi connectivity index (χ1v) is 9.90. The molecule has 0 heterocycles. The summed E-state index contributed by atoms with van der Waals surface area (Å²) in [7, 11) is 0. The fraction of sp³-hybridized carbons (Fsp3) is 0.250. The predicted molar refractivity (Wildman–Crippen MR) is 117 cm³/mol. The molecule has 0 saturated carbocycles. The summed E-state index contributed by atoms with van der Waals surface area (Å²) < 4.78 is 11.7. The molecule has 1 N–H and O–H groups in total. The van der Waals surface area contributed by atoms with Crippen molar-refractivity contribution < 1.29 is 9.47 Å². The van der Waals surface area contributed by atoms with Crippen LogP contribution in [0.25, 0.3) is 0 Å². The van der Waals surface area contributed by atoms with Gasteiger partial charge in [0.25, 0.3) is 0 Å². The Morgan fingerprint density at radius 1 is 0.786 bits per heavy atom. The second kappa shape index (κ2) is 10.0. The van der Waals surface area contributed by atoms with Gasteiger partial charge in [-0.15, -0.1) is 0 Å². The Bertz CT molecular complexity index is 873. The van der Waals surface area contributed by atoms with Gasteiger partial charge in [0.1, 0.15) is 18.1 Å². The van der Waals surface area contributed by atoms with Crippen molar-refractivity contribution in [1.82, 2.24) is 0 Å². The molecule has 4 heteroatoms. The molecule has 3 aromatic carbocycles. The van der Waals surface area contributed by atoms with Crippen LogP contribution in [0, 0.1) is 13.8 Å². The van der Waals surface area contributed by atoms with Crippen molar-refractivity contribution in [2.75, 3.05) is 25.1 Å². The van der Waals surface area contributed by atoms with E-state index >= 15 is 0 Å².